The molecule has 1 nitrogen and oxygen atoms in total. The maximum atomic E-state index is 6.83. The van der Waals surface area contributed by atoms with Crippen LogP contribution in [0.2, 0.25) is 0 Å². The zero-order valence-electron chi connectivity index (χ0n) is 22.9. The normalized spacial score (nSPS) is 13.7. The minimum absolute atomic E-state index is 0.208. The van der Waals surface area contributed by atoms with Gasteiger partial charge in [-0.3, -0.25) is 0 Å². The number of hydrogen-bond acceptors (Lipinski definition) is 1. The third kappa shape index (κ3) is 8.27. The minimum atomic E-state index is -0.208. The maximum Gasteiger partial charge on any atom is 0.127 e. The highest BCUT2D eigenvalue weighted by molar-refractivity contribution is 5.57. The average molecular weight is 417 g/mol. The van der Waals surface area contributed by atoms with Gasteiger partial charge in [-0.15, -0.1) is 0 Å². The van der Waals surface area contributed by atoms with Crippen LogP contribution in [0.15, 0.2) is 0 Å². The first-order valence-electron chi connectivity index (χ1n) is 12.2. The Kier molecular flexibility index (Phi) is 8.34. The highest BCUT2D eigenvalue weighted by atomic mass is 16.5. The van der Waals surface area contributed by atoms with Crippen LogP contribution in [-0.2, 0) is 32.1 Å². The predicted octanol–water partition coefficient (Wildman–Crippen LogP) is 8.75. The van der Waals surface area contributed by atoms with Crippen molar-refractivity contribution >= 4 is 0 Å². The van der Waals surface area contributed by atoms with E-state index < -0.39 is 0 Å². The monoisotopic (exact) mass is 416 g/mol. The molecule has 30 heavy (non-hydrogen) atoms. The Morgan fingerprint density at radius 1 is 0.467 bits per heavy atom. The van der Waals surface area contributed by atoms with E-state index in [1.807, 2.05) is 0 Å². The van der Waals surface area contributed by atoms with Crippen molar-refractivity contribution in [3.63, 3.8) is 0 Å². The molecule has 0 aliphatic heterocycles. The van der Waals surface area contributed by atoms with Gasteiger partial charge in [-0.05, 0) is 96.9 Å². The standard InChI is InChI=1S/C29H52O/c1-15-20-22(17-26(3,4)5)21(16-2)24(19-28(9,10)11)25(30-29(12,13)14)23(20)18-27(6,7)8/h15-19H2,1-14H3. The molecule has 174 valence electrons. The van der Waals surface area contributed by atoms with Gasteiger partial charge in [0, 0.05) is 0 Å². The number of ether oxygens (including phenoxy) is 1. The molecule has 0 bridgehead atoms. The topological polar surface area (TPSA) is 9.23 Å². The molecule has 0 amide bonds. The Bertz CT molecular complexity index is 664. The van der Waals surface area contributed by atoms with Crippen LogP contribution in [0.5, 0.6) is 5.75 Å². The summed E-state index contributed by atoms with van der Waals surface area (Å²) in [5.41, 5.74) is 8.12. The van der Waals surface area contributed by atoms with Crippen molar-refractivity contribution in [3.8, 4) is 5.75 Å². The summed E-state index contributed by atoms with van der Waals surface area (Å²) in [6, 6.07) is 0. The van der Waals surface area contributed by atoms with Crippen molar-refractivity contribution in [3.05, 3.63) is 27.8 Å². The van der Waals surface area contributed by atoms with Crippen molar-refractivity contribution in [1.82, 2.24) is 0 Å². The van der Waals surface area contributed by atoms with E-state index in [-0.39, 0.29) is 21.8 Å². The van der Waals surface area contributed by atoms with Gasteiger partial charge in [0.25, 0.3) is 0 Å². The van der Waals surface area contributed by atoms with Gasteiger partial charge < -0.3 is 4.74 Å². The molecular weight excluding hydrogens is 364 g/mol. The van der Waals surface area contributed by atoms with Crippen LogP contribution >= 0.6 is 0 Å². The number of benzene rings is 1. The molecule has 0 aromatic heterocycles. The highest BCUT2D eigenvalue weighted by Gasteiger charge is 2.31. The third-order valence-corrected chi connectivity index (χ3v) is 5.24. The molecule has 0 aliphatic carbocycles. The fourth-order valence-corrected chi connectivity index (χ4v) is 4.46. The molecule has 0 radical (unpaired) electrons. The molecule has 0 saturated heterocycles. The van der Waals surface area contributed by atoms with E-state index in [1.165, 1.54) is 16.9 Å². The summed E-state index contributed by atoms with van der Waals surface area (Å²) in [7, 11) is 0. The van der Waals surface area contributed by atoms with Gasteiger partial charge in [0.05, 0.1) is 0 Å². The van der Waals surface area contributed by atoms with E-state index in [9.17, 15) is 0 Å². The zero-order chi connectivity index (χ0) is 23.7. The predicted molar refractivity (Wildman–Crippen MR) is 135 cm³/mol. The lowest BCUT2D eigenvalue weighted by atomic mass is 9.74. The van der Waals surface area contributed by atoms with E-state index in [1.54, 1.807) is 16.7 Å². The van der Waals surface area contributed by atoms with Crippen LogP contribution < -0.4 is 4.74 Å². The van der Waals surface area contributed by atoms with Crippen molar-refractivity contribution < 1.29 is 4.74 Å². The second-order valence-corrected chi connectivity index (χ2v) is 13.9. The van der Waals surface area contributed by atoms with Crippen LogP contribution in [0.4, 0.5) is 0 Å². The third-order valence-electron chi connectivity index (χ3n) is 5.24. The number of rotatable bonds is 6. The Morgan fingerprint density at radius 2 is 0.767 bits per heavy atom. The quantitative estimate of drug-likeness (QED) is 0.450. The van der Waals surface area contributed by atoms with Crippen LogP contribution in [0.25, 0.3) is 0 Å². The molecule has 0 spiro atoms. The molecule has 1 heteroatoms. The van der Waals surface area contributed by atoms with Crippen LogP contribution in [0.1, 0.15) is 125 Å². The zero-order valence-corrected chi connectivity index (χ0v) is 22.9. The Morgan fingerprint density at radius 3 is 1.00 bits per heavy atom. The van der Waals surface area contributed by atoms with E-state index in [2.05, 4.69) is 96.9 Å². The summed E-state index contributed by atoms with van der Waals surface area (Å²) >= 11 is 0. The summed E-state index contributed by atoms with van der Waals surface area (Å²) in [5.74, 6) is 1.19. The number of hydrogen-bond donors (Lipinski definition) is 0. The lowest BCUT2D eigenvalue weighted by Gasteiger charge is -2.35. The van der Waals surface area contributed by atoms with Crippen molar-refractivity contribution in [2.24, 2.45) is 16.2 Å². The molecule has 0 aliphatic rings. The fraction of sp³-hybridized carbons (Fsp3) is 0.793. The SMILES string of the molecule is CCc1c(CC(C)(C)C)c(CC)c(CC(C)(C)C)c(OC(C)(C)C)c1CC(C)(C)C. The van der Waals surface area contributed by atoms with Crippen molar-refractivity contribution in [2.75, 3.05) is 0 Å². The average Bonchev–Trinajstić information content (AvgIpc) is 2.46. The van der Waals surface area contributed by atoms with E-state index in [4.69, 9.17) is 4.74 Å². The van der Waals surface area contributed by atoms with Gasteiger partial charge in [-0.2, -0.15) is 0 Å². The lowest BCUT2D eigenvalue weighted by Crippen LogP contribution is -2.28. The smallest absolute Gasteiger partial charge is 0.127 e. The van der Waals surface area contributed by atoms with Gasteiger partial charge in [0.15, 0.2) is 0 Å². The summed E-state index contributed by atoms with van der Waals surface area (Å²) in [6.07, 6.45) is 5.38. The summed E-state index contributed by atoms with van der Waals surface area (Å²) in [4.78, 5) is 0. The van der Waals surface area contributed by atoms with Gasteiger partial charge in [0.2, 0.25) is 0 Å². The first-order chi connectivity index (χ1) is 13.3. The summed E-state index contributed by atoms with van der Waals surface area (Å²) in [6.45, 7) is 32.5. The lowest BCUT2D eigenvalue weighted by molar-refractivity contribution is 0.125. The van der Waals surface area contributed by atoms with Crippen LogP contribution in [0, 0.1) is 16.2 Å². The van der Waals surface area contributed by atoms with Gasteiger partial charge in [-0.25, -0.2) is 0 Å². The second-order valence-electron chi connectivity index (χ2n) is 13.9. The van der Waals surface area contributed by atoms with Crippen molar-refractivity contribution in [1.29, 1.82) is 0 Å². The summed E-state index contributed by atoms with van der Waals surface area (Å²) in [5, 5.41) is 0. The van der Waals surface area contributed by atoms with Crippen LogP contribution in [0.3, 0.4) is 0 Å². The molecule has 1 aromatic rings. The van der Waals surface area contributed by atoms with Crippen LogP contribution in [-0.4, -0.2) is 5.60 Å². The van der Waals surface area contributed by atoms with E-state index in [0.29, 0.717) is 0 Å². The molecule has 0 heterocycles. The van der Waals surface area contributed by atoms with E-state index >= 15 is 0 Å². The Labute approximate surface area is 189 Å². The molecule has 0 fully saturated rings. The summed E-state index contributed by atoms with van der Waals surface area (Å²) < 4.78 is 6.83. The molecule has 1 rings (SSSR count). The minimum Gasteiger partial charge on any atom is -0.488 e. The molecule has 0 saturated carbocycles. The fourth-order valence-electron chi connectivity index (χ4n) is 4.46. The molecule has 0 unspecified atom stereocenters. The largest absolute Gasteiger partial charge is 0.488 e. The van der Waals surface area contributed by atoms with Gasteiger partial charge >= 0.3 is 0 Å². The molecule has 0 atom stereocenters. The molecule has 1 aromatic carbocycles. The van der Waals surface area contributed by atoms with Gasteiger partial charge in [-0.1, -0.05) is 76.2 Å². The first-order valence-corrected chi connectivity index (χ1v) is 12.2. The van der Waals surface area contributed by atoms with Crippen molar-refractivity contribution in [2.45, 2.75) is 135 Å². The second kappa shape index (κ2) is 9.25. The maximum absolute atomic E-state index is 6.83. The molecule has 0 N–H and O–H groups in total. The Balaban J connectivity index is 4.10. The first kappa shape index (κ1) is 27.1. The van der Waals surface area contributed by atoms with E-state index in [0.717, 1.165) is 32.1 Å². The molecular formula is C29H52O. The highest BCUT2D eigenvalue weighted by Crippen LogP contribution is 2.44. The van der Waals surface area contributed by atoms with Gasteiger partial charge in [0.1, 0.15) is 11.4 Å². The Hall–Kier alpha value is -0.980.